The van der Waals surface area contributed by atoms with Crippen LogP contribution >= 0.6 is 23.4 Å². The fraction of sp³-hybridized carbons (Fsp3) is 0.538. The van der Waals surface area contributed by atoms with Gasteiger partial charge in [-0.25, -0.2) is 4.98 Å². The van der Waals surface area contributed by atoms with Crippen LogP contribution in [0.5, 0.6) is 0 Å². The summed E-state index contributed by atoms with van der Waals surface area (Å²) >= 11 is 8.00. The van der Waals surface area contributed by atoms with Crippen LogP contribution in [0.2, 0.25) is 5.02 Å². The zero-order chi connectivity index (χ0) is 13.8. The Morgan fingerprint density at radius 2 is 2.47 bits per heavy atom. The van der Waals surface area contributed by atoms with Gasteiger partial charge in [-0.2, -0.15) is 11.8 Å². The van der Waals surface area contributed by atoms with E-state index in [1.54, 1.807) is 6.07 Å². The molecule has 0 aliphatic carbocycles. The number of carbonyl (C=O) groups is 1. The first-order valence-corrected chi connectivity index (χ1v) is 7.84. The number of amides is 1. The highest BCUT2D eigenvalue weighted by molar-refractivity contribution is 7.99. The van der Waals surface area contributed by atoms with Crippen molar-refractivity contribution in [2.75, 3.05) is 30.7 Å². The van der Waals surface area contributed by atoms with Crippen molar-refractivity contribution in [3.63, 3.8) is 0 Å². The van der Waals surface area contributed by atoms with Crippen LogP contribution in [-0.2, 0) is 0 Å². The number of aromatic nitrogens is 1. The Balaban J connectivity index is 2.19. The van der Waals surface area contributed by atoms with E-state index >= 15 is 0 Å². The van der Waals surface area contributed by atoms with Crippen molar-refractivity contribution in [1.29, 1.82) is 0 Å². The molecule has 1 saturated heterocycles. The first-order chi connectivity index (χ1) is 9.11. The quantitative estimate of drug-likeness (QED) is 0.932. The van der Waals surface area contributed by atoms with Gasteiger partial charge in [-0.15, -0.1) is 0 Å². The molecule has 4 nitrogen and oxygen atoms in total. The van der Waals surface area contributed by atoms with Crippen LogP contribution in [-0.4, -0.2) is 46.4 Å². The maximum Gasteiger partial charge on any atom is 0.255 e. The third-order valence-electron chi connectivity index (χ3n) is 2.97. The number of pyridine rings is 1. The molecule has 1 aromatic heterocycles. The van der Waals surface area contributed by atoms with Crippen LogP contribution in [0.25, 0.3) is 0 Å². The largest absolute Gasteiger partial charge is 0.370 e. The third kappa shape index (κ3) is 3.54. The van der Waals surface area contributed by atoms with E-state index in [0.717, 1.165) is 25.4 Å². The van der Waals surface area contributed by atoms with E-state index in [1.807, 2.05) is 23.6 Å². The van der Waals surface area contributed by atoms with E-state index in [-0.39, 0.29) is 5.91 Å². The van der Waals surface area contributed by atoms with Gasteiger partial charge in [-0.1, -0.05) is 18.5 Å². The molecule has 2 rings (SSSR count). The first kappa shape index (κ1) is 14.5. The molecule has 0 bridgehead atoms. The molecule has 0 saturated carbocycles. The molecule has 1 aliphatic rings. The van der Waals surface area contributed by atoms with Crippen LogP contribution < -0.4 is 5.32 Å². The van der Waals surface area contributed by atoms with Gasteiger partial charge in [-0.05, 0) is 13.0 Å². The highest BCUT2D eigenvalue weighted by atomic mass is 35.5. The van der Waals surface area contributed by atoms with Crippen molar-refractivity contribution in [2.45, 2.75) is 19.1 Å². The molecule has 19 heavy (non-hydrogen) atoms. The SMILES string of the molecule is CCNc1cc(C(=O)N2CCSC(C)C2)c(Cl)cn1. The number of nitrogens with one attached hydrogen (secondary N) is 1. The maximum absolute atomic E-state index is 12.5. The first-order valence-electron chi connectivity index (χ1n) is 6.42. The number of thioether (sulfide) groups is 1. The molecule has 1 unspecified atom stereocenters. The van der Waals surface area contributed by atoms with E-state index in [2.05, 4.69) is 17.2 Å². The molecule has 0 spiro atoms. The molecular weight excluding hydrogens is 282 g/mol. The number of halogens is 1. The fourth-order valence-electron chi connectivity index (χ4n) is 2.05. The summed E-state index contributed by atoms with van der Waals surface area (Å²) in [5.74, 6) is 1.67. The van der Waals surface area contributed by atoms with Gasteiger partial charge in [0.1, 0.15) is 5.82 Å². The molecule has 0 radical (unpaired) electrons. The van der Waals surface area contributed by atoms with E-state index in [9.17, 15) is 4.79 Å². The van der Waals surface area contributed by atoms with Crippen molar-refractivity contribution < 1.29 is 4.79 Å². The van der Waals surface area contributed by atoms with Crippen molar-refractivity contribution >= 4 is 35.1 Å². The van der Waals surface area contributed by atoms with Gasteiger partial charge < -0.3 is 10.2 Å². The molecule has 1 aliphatic heterocycles. The second kappa shape index (κ2) is 6.48. The van der Waals surface area contributed by atoms with Gasteiger partial charge >= 0.3 is 0 Å². The predicted octanol–water partition coefficient (Wildman–Crippen LogP) is 2.74. The van der Waals surface area contributed by atoms with E-state index in [4.69, 9.17) is 11.6 Å². The lowest BCUT2D eigenvalue weighted by Gasteiger charge is -2.30. The third-order valence-corrected chi connectivity index (χ3v) is 4.41. The zero-order valence-corrected chi connectivity index (χ0v) is 12.7. The summed E-state index contributed by atoms with van der Waals surface area (Å²) in [5.41, 5.74) is 0.534. The summed E-state index contributed by atoms with van der Waals surface area (Å²) in [6.07, 6.45) is 1.54. The van der Waals surface area contributed by atoms with Crippen molar-refractivity contribution in [2.24, 2.45) is 0 Å². The molecule has 6 heteroatoms. The Kier molecular flexibility index (Phi) is 4.93. The highest BCUT2D eigenvalue weighted by Gasteiger charge is 2.24. The Morgan fingerprint density at radius 3 is 3.16 bits per heavy atom. The molecular formula is C13H18ClN3OS. The summed E-state index contributed by atoms with van der Waals surface area (Å²) in [5, 5.41) is 3.99. The van der Waals surface area contributed by atoms with E-state index in [0.29, 0.717) is 21.7 Å². The Labute approximate surface area is 122 Å². The lowest BCUT2D eigenvalue weighted by Crippen LogP contribution is -2.41. The number of hydrogen-bond acceptors (Lipinski definition) is 4. The lowest BCUT2D eigenvalue weighted by molar-refractivity contribution is 0.0763. The van der Waals surface area contributed by atoms with Crippen molar-refractivity contribution in [1.82, 2.24) is 9.88 Å². The monoisotopic (exact) mass is 299 g/mol. The van der Waals surface area contributed by atoms with Gasteiger partial charge in [0.05, 0.1) is 10.6 Å². The van der Waals surface area contributed by atoms with Gasteiger partial charge in [0.25, 0.3) is 5.91 Å². The van der Waals surface area contributed by atoms with Gasteiger partial charge in [0, 0.05) is 36.8 Å². The Morgan fingerprint density at radius 1 is 1.68 bits per heavy atom. The second-order valence-electron chi connectivity index (χ2n) is 4.51. The predicted molar refractivity (Wildman–Crippen MR) is 81.2 cm³/mol. The average molecular weight is 300 g/mol. The molecule has 104 valence electrons. The maximum atomic E-state index is 12.5. The van der Waals surface area contributed by atoms with Crippen LogP contribution in [0, 0.1) is 0 Å². The highest BCUT2D eigenvalue weighted by Crippen LogP contribution is 2.23. The summed E-state index contributed by atoms with van der Waals surface area (Å²) in [7, 11) is 0. The minimum atomic E-state index is -0.00120. The minimum absolute atomic E-state index is 0.00120. The number of carbonyl (C=O) groups excluding carboxylic acids is 1. The van der Waals surface area contributed by atoms with E-state index in [1.165, 1.54) is 6.20 Å². The zero-order valence-electron chi connectivity index (χ0n) is 11.1. The number of rotatable bonds is 3. The smallest absolute Gasteiger partial charge is 0.255 e. The molecule has 1 fully saturated rings. The topological polar surface area (TPSA) is 45.2 Å². The van der Waals surface area contributed by atoms with Crippen molar-refractivity contribution in [3.05, 3.63) is 22.8 Å². The van der Waals surface area contributed by atoms with Gasteiger partial charge in [-0.3, -0.25) is 4.79 Å². The average Bonchev–Trinajstić information content (AvgIpc) is 2.40. The van der Waals surface area contributed by atoms with Gasteiger partial charge in [0.2, 0.25) is 0 Å². The number of hydrogen-bond donors (Lipinski definition) is 1. The molecule has 1 N–H and O–H groups in total. The summed E-state index contributed by atoms with van der Waals surface area (Å²) in [6.45, 7) is 6.45. The summed E-state index contributed by atoms with van der Waals surface area (Å²) in [4.78, 5) is 18.5. The molecule has 1 amide bonds. The molecule has 1 atom stereocenters. The minimum Gasteiger partial charge on any atom is -0.370 e. The summed E-state index contributed by atoms with van der Waals surface area (Å²) < 4.78 is 0. The standard InChI is InChI=1S/C13H18ClN3OS/c1-3-15-12-6-10(11(14)7-16-12)13(18)17-4-5-19-9(2)8-17/h6-7,9H,3-5,8H2,1-2H3,(H,15,16). The van der Waals surface area contributed by atoms with Crippen molar-refractivity contribution in [3.8, 4) is 0 Å². The van der Waals surface area contributed by atoms with Gasteiger partial charge in [0.15, 0.2) is 0 Å². The van der Waals surface area contributed by atoms with Crippen LogP contribution in [0.15, 0.2) is 12.3 Å². The fourth-order valence-corrected chi connectivity index (χ4v) is 3.25. The van der Waals surface area contributed by atoms with Crippen LogP contribution in [0.1, 0.15) is 24.2 Å². The van der Waals surface area contributed by atoms with Crippen LogP contribution in [0.3, 0.4) is 0 Å². The second-order valence-corrected chi connectivity index (χ2v) is 6.47. The molecule has 1 aromatic rings. The van der Waals surface area contributed by atoms with E-state index < -0.39 is 0 Å². The number of anilines is 1. The lowest BCUT2D eigenvalue weighted by atomic mass is 10.2. The summed E-state index contributed by atoms with van der Waals surface area (Å²) in [6, 6.07) is 1.74. The Hall–Kier alpha value is -0.940. The normalized spacial score (nSPS) is 19.3. The van der Waals surface area contributed by atoms with Crippen LogP contribution in [0.4, 0.5) is 5.82 Å². The molecule has 2 heterocycles. The molecule has 0 aromatic carbocycles. The number of nitrogens with zero attached hydrogens (tertiary/aromatic N) is 2. The Bertz CT molecular complexity index is 469.